The number of carbonyl (C=O) groups excluding carboxylic acids is 1. The van der Waals surface area contributed by atoms with Gasteiger partial charge in [0.05, 0.1) is 0 Å². The second kappa shape index (κ2) is 4.67. The molecular formula is C7H14N7O+. The van der Waals surface area contributed by atoms with E-state index >= 15 is 0 Å². The monoisotopic (exact) mass is 212 g/mol. The highest BCUT2D eigenvalue weighted by atomic mass is 16.2. The van der Waals surface area contributed by atoms with Crippen LogP contribution in [0.4, 0.5) is 4.79 Å². The lowest BCUT2D eigenvalue weighted by Gasteiger charge is -2.21. The lowest BCUT2D eigenvalue weighted by atomic mass is 9.96. The minimum Gasteiger partial charge on any atom is -0.333 e. The number of rotatable bonds is 2. The molecule has 1 aliphatic carbocycles. The third-order valence-electron chi connectivity index (χ3n) is 2.46. The van der Waals surface area contributed by atoms with Gasteiger partial charge in [-0.15, -0.1) is 0 Å². The molecule has 8 nitrogen and oxygen atoms in total. The van der Waals surface area contributed by atoms with Crippen molar-refractivity contribution in [2.24, 2.45) is 0 Å². The predicted octanol–water partition coefficient (Wildman–Crippen LogP) is -0.927. The molecule has 2 amide bonds. The maximum Gasteiger partial charge on any atom is 0.348 e. The van der Waals surface area contributed by atoms with Crippen molar-refractivity contribution in [1.29, 1.82) is 0 Å². The summed E-state index contributed by atoms with van der Waals surface area (Å²) < 4.78 is 0. The van der Waals surface area contributed by atoms with Crippen LogP contribution in [0.5, 0.6) is 0 Å². The van der Waals surface area contributed by atoms with E-state index in [2.05, 4.69) is 31.6 Å². The number of nitrogens with one attached hydrogen (secondary N) is 3. The van der Waals surface area contributed by atoms with Crippen molar-refractivity contribution in [3.05, 3.63) is 0 Å². The Balaban J connectivity index is 1.76. The number of amides is 2. The zero-order valence-corrected chi connectivity index (χ0v) is 8.31. The Kier molecular flexibility index (Phi) is 3.05. The summed E-state index contributed by atoms with van der Waals surface area (Å²) in [6.07, 6.45) is 5.73. The summed E-state index contributed by atoms with van der Waals surface area (Å²) in [6.45, 7) is 0. The third kappa shape index (κ3) is 2.86. The minimum absolute atomic E-state index is 0.273. The van der Waals surface area contributed by atoms with Gasteiger partial charge in [-0.05, 0) is 18.1 Å². The predicted molar refractivity (Wildman–Crippen MR) is 49.1 cm³/mol. The van der Waals surface area contributed by atoms with Crippen molar-refractivity contribution in [3.8, 4) is 0 Å². The van der Waals surface area contributed by atoms with Gasteiger partial charge in [0.1, 0.15) is 0 Å². The zero-order valence-electron chi connectivity index (χ0n) is 8.31. The second-order valence-corrected chi connectivity index (χ2v) is 3.61. The number of H-pyrrole nitrogens is 1. The van der Waals surface area contributed by atoms with Gasteiger partial charge in [-0.25, -0.2) is 4.79 Å². The van der Waals surface area contributed by atoms with Crippen molar-refractivity contribution in [2.75, 3.05) is 5.43 Å². The van der Waals surface area contributed by atoms with Crippen LogP contribution < -0.4 is 15.6 Å². The van der Waals surface area contributed by atoms with Crippen molar-refractivity contribution in [3.63, 3.8) is 0 Å². The van der Waals surface area contributed by atoms with E-state index in [-0.39, 0.29) is 12.1 Å². The van der Waals surface area contributed by atoms with E-state index < -0.39 is 0 Å². The fourth-order valence-corrected chi connectivity index (χ4v) is 1.75. The van der Waals surface area contributed by atoms with Crippen LogP contribution >= 0.6 is 0 Å². The molecule has 1 aliphatic rings. The molecule has 0 radical (unpaired) electrons. The first-order valence-electron chi connectivity index (χ1n) is 5.08. The molecule has 0 bridgehead atoms. The number of hydrogen-bond acceptors (Lipinski definition) is 4. The van der Waals surface area contributed by atoms with Crippen molar-refractivity contribution in [1.82, 2.24) is 26.2 Å². The van der Waals surface area contributed by atoms with Gasteiger partial charge in [0.25, 0.3) is 0 Å². The number of nitrogens with zero attached hydrogens (tertiary/aromatic N) is 4. The number of aromatic amines is 1. The Labute approximate surface area is 86.4 Å². The number of urea groups is 1. The first-order valence-corrected chi connectivity index (χ1v) is 5.08. The topological polar surface area (TPSA) is 99.5 Å². The van der Waals surface area contributed by atoms with E-state index in [1.807, 2.05) is 0 Å². The maximum atomic E-state index is 11.4. The lowest BCUT2D eigenvalue weighted by Crippen LogP contribution is -2.57. The van der Waals surface area contributed by atoms with Gasteiger partial charge >= 0.3 is 6.03 Å². The molecule has 1 aromatic rings. The second-order valence-electron chi connectivity index (χ2n) is 3.61. The minimum atomic E-state index is -0.287. The Morgan fingerprint density at radius 2 is 2.13 bits per heavy atom. The Hall–Kier alpha value is -1.73. The lowest BCUT2D eigenvalue weighted by molar-refractivity contribution is -0.759. The highest BCUT2D eigenvalue weighted by molar-refractivity contribution is 5.80. The zero-order chi connectivity index (χ0) is 10.5. The summed E-state index contributed by atoms with van der Waals surface area (Å²) in [5, 5.41) is 15.4. The molecule has 82 valence electrons. The number of hydrogen-bond donors (Lipinski definition) is 3. The fraction of sp³-hybridized carbons (Fsp3) is 0.857. The van der Waals surface area contributed by atoms with Crippen LogP contribution in [-0.2, 0) is 0 Å². The van der Waals surface area contributed by atoms with Crippen LogP contribution in [0.25, 0.3) is 0 Å². The van der Waals surface area contributed by atoms with Gasteiger partial charge in [-0.2, -0.15) is 5.43 Å². The van der Waals surface area contributed by atoms with Gasteiger partial charge < -0.3 is 5.32 Å². The Morgan fingerprint density at radius 3 is 2.80 bits per heavy atom. The fourth-order valence-electron chi connectivity index (χ4n) is 1.75. The molecule has 1 heterocycles. The molecule has 0 atom stereocenters. The Bertz CT molecular complexity index is 305. The van der Waals surface area contributed by atoms with Gasteiger partial charge in [0.15, 0.2) is 5.21 Å². The molecular weight excluding hydrogens is 198 g/mol. The summed E-state index contributed by atoms with van der Waals surface area (Å²) in [5.74, 6) is 0. The smallest absolute Gasteiger partial charge is 0.333 e. The van der Waals surface area contributed by atoms with E-state index in [0.717, 1.165) is 17.7 Å². The first kappa shape index (κ1) is 9.81. The molecule has 1 saturated carbocycles. The molecule has 8 heteroatoms. The van der Waals surface area contributed by atoms with Crippen molar-refractivity contribution < 1.29 is 9.70 Å². The van der Waals surface area contributed by atoms with Crippen LogP contribution in [-0.4, -0.2) is 32.9 Å². The van der Waals surface area contributed by atoms with E-state index in [4.69, 9.17) is 0 Å². The molecule has 3 N–H and O–H groups in total. The van der Waals surface area contributed by atoms with Gasteiger partial charge in [0, 0.05) is 10.9 Å². The van der Waals surface area contributed by atoms with Crippen LogP contribution in [0, 0.1) is 0 Å². The average Bonchev–Trinajstić information content (AvgIpc) is 2.71. The molecule has 0 spiro atoms. The molecule has 15 heavy (non-hydrogen) atoms. The van der Waals surface area contributed by atoms with Gasteiger partial charge in [-0.1, -0.05) is 19.3 Å². The van der Waals surface area contributed by atoms with Crippen LogP contribution in [0.3, 0.4) is 0 Å². The SMILES string of the molecule is O=C(NC1CCCCC1)N[n+]1nnn[nH]1. The highest BCUT2D eigenvalue weighted by Gasteiger charge is 2.16. The van der Waals surface area contributed by atoms with Crippen molar-refractivity contribution in [2.45, 2.75) is 38.1 Å². The maximum absolute atomic E-state index is 11.4. The van der Waals surface area contributed by atoms with Gasteiger partial charge in [-0.3, -0.25) is 0 Å². The standard InChI is InChI=1S/C7H13N7O/c15-7(9-14-12-10-11-13-14)8-6-4-2-1-3-5-6/h6H,1-5H2,(H2,8,9,15)/p+1. The largest absolute Gasteiger partial charge is 0.348 e. The highest BCUT2D eigenvalue weighted by Crippen LogP contribution is 2.16. The first-order chi connectivity index (χ1) is 7.34. The van der Waals surface area contributed by atoms with Crippen LogP contribution in [0.15, 0.2) is 0 Å². The van der Waals surface area contributed by atoms with E-state index in [1.165, 1.54) is 19.3 Å². The summed E-state index contributed by atoms with van der Waals surface area (Å²) in [4.78, 5) is 12.5. The molecule has 0 saturated heterocycles. The molecule has 1 aromatic heterocycles. The van der Waals surface area contributed by atoms with Gasteiger partial charge in [0.2, 0.25) is 10.4 Å². The Morgan fingerprint density at radius 1 is 1.33 bits per heavy atom. The molecule has 2 rings (SSSR count). The normalized spacial score (nSPS) is 17.3. The summed E-state index contributed by atoms with van der Waals surface area (Å²) >= 11 is 0. The van der Waals surface area contributed by atoms with E-state index in [1.54, 1.807) is 0 Å². The van der Waals surface area contributed by atoms with Crippen LogP contribution in [0.2, 0.25) is 0 Å². The van der Waals surface area contributed by atoms with E-state index in [0.29, 0.717) is 0 Å². The number of aromatic nitrogens is 5. The molecule has 0 unspecified atom stereocenters. The molecule has 0 aliphatic heterocycles. The molecule has 0 aromatic carbocycles. The third-order valence-corrected chi connectivity index (χ3v) is 2.46. The summed E-state index contributed by atoms with van der Waals surface area (Å²) in [7, 11) is 0. The van der Waals surface area contributed by atoms with E-state index in [9.17, 15) is 4.79 Å². The summed E-state index contributed by atoms with van der Waals surface area (Å²) in [5.41, 5.74) is 2.44. The van der Waals surface area contributed by atoms with Crippen molar-refractivity contribution >= 4 is 6.03 Å². The van der Waals surface area contributed by atoms with Crippen LogP contribution in [0.1, 0.15) is 32.1 Å². The summed E-state index contributed by atoms with van der Waals surface area (Å²) in [6, 6.07) is -0.0133. The quantitative estimate of drug-likeness (QED) is 0.551. The average molecular weight is 212 g/mol. The number of carbonyl (C=O) groups is 1. The molecule has 1 fully saturated rings.